The van der Waals surface area contributed by atoms with Gasteiger partial charge in [-0.2, -0.15) is 0 Å². The van der Waals surface area contributed by atoms with Crippen LogP contribution in [-0.2, 0) is 0 Å². The van der Waals surface area contributed by atoms with Crippen molar-refractivity contribution >= 4 is 32.8 Å². The standard InChI is InChI=1S/C12H9BrN4/c13-8-3-1-4-9(7-8)17-10-5-2-6-15-11(10)12(14)16-17/h1-7H,(H2,14,16). The molecule has 3 rings (SSSR count). The molecule has 4 nitrogen and oxygen atoms in total. The minimum Gasteiger partial charge on any atom is -0.380 e. The molecule has 1 aromatic carbocycles. The summed E-state index contributed by atoms with van der Waals surface area (Å²) in [5, 5.41) is 4.31. The summed E-state index contributed by atoms with van der Waals surface area (Å²) >= 11 is 3.44. The van der Waals surface area contributed by atoms with Gasteiger partial charge in [-0.3, -0.25) is 4.98 Å². The van der Waals surface area contributed by atoms with Crippen LogP contribution in [0.4, 0.5) is 5.82 Å². The Hall–Kier alpha value is -1.88. The van der Waals surface area contributed by atoms with E-state index in [0.717, 1.165) is 21.2 Å². The molecule has 0 aliphatic heterocycles. The molecule has 0 spiro atoms. The molecule has 0 saturated carbocycles. The number of nitrogen functional groups attached to an aromatic ring is 1. The molecule has 3 aromatic rings. The SMILES string of the molecule is Nc1nn(-c2cccc(Br)c2)c2cccnc12. The fourth-order valence-corrected chi connectivity index (χ4v) is 2.17. The monoisotopic (exact) mass is 288 g/mol. The van der Waals surface area contributed by atoms with Crippen molar-refractivity contribution in [2.75, 3.05) is 5.73 Å². The zero-order valence-electron chi connectivity index (χ0n) is 8.84. The van der Waals surface area contributed by atoms with Crippen molar-refractivity contribution in [1.29, 1.82) is 0 Å². The number of aromatic nitrogens is 3. The van der Waals surface area contributed by atoms with E-state index in [9.17, 15) is 0 Å². The molecule has 0 aliphatic rings. The van der Waals surface area contributed by atoms with E-state index in [1.165, 1.54) is 0 Å². The fraction of sp³-hybridized carbons (Fsp3) is 0. The highest BCUT2D eigenvalue weighted by Crippen LogP contribution is 2.23. The molecule has 2 aromatic heterocycles. The second kappa shape index (κ2) is 3.85. The summed E-state index contributed by atoms with van der Waals surface area (Å²) < 4.78 is 2.80. The van der Waals surface area contributed by atoms with Crippen LogP contribution in [0.25, 0.3) is 16.7 Å². The summed E-state index contributed by atoms with van der Waals surface area (Å²) in [4.78, 5) is 4.23. The maximum absolute atomic E-state index is 5.85. The van der Waals surface area contributed by atoms with E-state index in [-0.39, 0.29) is 0 Å². The Morgan fingerprint density at radius 1 is 1.18 bits per heavy atom. The molecule has 0 fully saturated rings. The van der Waals surface area contributed by atoms with Gasteiger partial charge < -0.3 is 5.73 Å². The van der Waals surface area contributed by atoms with Crippen LogP contribution in [0.3, 0.4) is 0 Å². The third-order valence-corrected chi connectivity index (χ3v) is 3.01. The number of halogens is 1. The summed E-state index contributed by atoms with van der Waals surface area (Å²) in [7, 11) is 0. The number of pyridine rings is 1. The van der Waals surface area contributed by atoms with Crippen molar-refractivity contribution in [2.45, 2.75) is 0 Å². The number of nitrogens with zero attached hydrogens (tertiary/aromatic N) is 3. The van der Waals surface area contributed by atoms with Gasteiger partial charge in [0.1, 0.15) is 5.52 Å². The third kappa shape index (κ3) is 1.68. The van der Waals surface area contributed by atoms with E-state index in [1.54, 1.807) is 10.9 Å². The Bertz CT molecular complexity index is 690. The Kier molecular flexibility index (Phi) is 2.33. The second-order valence-corrected chi connectivity index (χ2v) is 4.56. The molecule has 17 heavy (non-hydrogen) atoms. The maximum atomic E-state index is 5.85. The first-order valence-electron chi connectivity index (χ1n) is 5.11. The van der Waals surface area contributed by atoms with Crippen molar-refractivity contribution in [3.8, 4) is 5.69 Å². The zero-order chi connectivity index (χ0) is 11.8. The van der Waals surface area contributed by atoms with Crippen molar-refractivity contribution in [3.05, 3.63) is 47.1 Å². The number of hydrogen-bond acceptors (Lipinski definition) is 3. The van der Waals surface area contributed by atoms with Gasteiger partial charge >= 0.3 is 0 Å². The van der Waals surface area contributed by atoms with Gasteiger partial charge in [-0.25, -0.2) is 4.68 Å². The summed E-state index contributed by atoms with van der Waals surface area (Å²) in [6.07, 6.45) is 1.71. The molecule has 0 amide bonds. The van der Waals surface area contributed by atoms with E-state index < -0.39 is 0 Å². The molecule has 0 aliphatic carbocycles. The highest BCUT2D eigenvalue weighted by Gasteiger charge is 2.09. The molecule has 0 radical (unpaired) electrons. The fourth-order valence-electron chi connectivity index (χ4n) is 1.78. The van der Waals surface area contributed by atoms with Crippen LogP contribution in [0.15, 0.2) is 47.1 Å². The predicted molar refractivity (Wildman–Crippen MR) is 71.0 cm³/mol. The number of rotatable bonds is 1. The highest BCUT2D eigenvalue weighted by molar-refractivity contribution is 9.10. The Morgan fingerprint density at radius 2 is 2.06 bits per heavy atom. The minimum atomic E-state index is 0.445. The van der Waals surface area contributed by atoms with Crippen LogP contribution in [0.5, 0.6) is 0 Å². The normalized spacial score (nSPS) is 10.9. The van der Waals surface area contributed by atoms with Crippen molar-refractivity contribution in [2.24, 2.45) is 0 Å². The van der Waals surface area contributed by atoms with Gasteiger partial charge in [0.25, 0.3) is 0 Å². The van der Waals surface area contributed by atoms with Gasteiger partial charge in [0, 0.05) is 10.7 Å². The molecular weight excluding hydrogens is 280 g/mol. The lowest BCUT2D eigenvalue weighted by Crippen LogP contribution is -1.96. The topological polar surface area (TPSA) is 56.7 Å². The van der Waals surface area contributed by atoms with E-state index in [0.29, 0.717) is 5.82 Å². The van der Waals surface area contributed by atoms with Crippen LogP contribution in [0, 0.1) is 0 Å². The molecule has 5 heteroatoms. The number of benzene rings is 1. The van der Waals surface area contributed by atoms with Gasteiger partial charge in [0.2, 0.25) is 0 Å². The summed E-state index contributed by atoms with van der Waals surface area (Å²) in [6, 6.07) is 11.7. The first-order valence-corrected chi connectivity index (χ1v) is 5.90. The van der Waals surface area contributed by atoms with Crippen LogP contribution < -0.4 is 5.73 Å². The number of hydrogen-bond donors (Lipinski definition) is 1. The predicted octanol–water partition coefficient (Wildman–Crippen LogP) is 2.77. The lowest BCUT2D eigenvalue weighted by Gasteiger charge is -2.02. The van der Waals surface area contributed by atoms with Crippen molar-refractivity contribution < 1.29 is 0 Å². The van der Waals surface area contributed by atoms with Crippen molar-refractivity contribution in [3.63, 3.8) is 0 Å². The average molecular weight is 289 g/mol. The van der Waals surface area contributed by atoms with Crippen LogP contribution >= 0.6 is 15.9 Å². The van der Waals surface area contributed by atoms with E-state index >= 15 is 0 Å². The first kappa shape index (κ1) is 10.3. The molecule has 0 atom stereocenters. The summed E-state index contributed by atoms with van der Waals surface area (Å²) in [6.45, 7) is 0. The minimum absolute atomic E-state index is 0.445. The Morgan fingerprint density at radius 3 is 2.88 bits per heavy atom. The maximum Gasteiger partial charge on any atom is 0.172 e. The molecule has 2 N–H and O–H groups in total. The van der Waals surface area contributed by atoms with Gasteiger partial charge in [0.05, 0.1) is 11.2 Å². The van der Waals surface area contributed by atoms with Gasteiger partial charge in [-0.05, 0) is 30.3 Å². The third-order valence-electron chi connectivity index (χ3n) is 2.52. The lowest BCUT2D eigenvalue weighted by atomic mass is 10.3. The molecule has 84 valence electrons. The molecule has 0 bridgehead atoms. The first-order chi connectivity index (χ1) is 8.25. The zero-order valence-corrected chi connectivity index (χ0v) is 10.4. The largest absolute Gasteiger partial charge is 0.380 e. The Balaban J connectivity index is 2.31. The molecular formula is C12H9BrN4. The summed E-state index contributed by atoms with van der Waals surface area (Å²) in [5.41, 5.74) is 8.43. The Labute approximate surface area is 106 Å². The average Bonchev–Trinajstić information content (AvgIpc) is 2.68. The number of anilines is 1. The smallest absolute Gasteiger partial charge is 0.172 e. The second-order valence-electron chi connectivity index (χ2n) is 3.65. The molecule has 0 unspecified atom stereocenters. The van der Waals surface area contributed by atoms with Crippen LogP contribution in [0.2, 0.25) is 0 Å². The van der Waals surface area contributed by atoms with Gasteiger partial charge in [-0.15, -0.1) is 5.10 Å². The molecule has 2 heterocycles. The van der Waals surface area contributed by atoms with Crippen molar-refractivity contribution in [1.82, 2.24) is 14.8 Å². The van der Waals surface area contributed by atoms with E-state index in [4.69, 9.17) is 5.73 Å². The summed E-state index contributed by atoms with van der Waals surface area (Å²) in [5.74, 6) is 0.445. The van der Waals surface area contributed by atoms with E-state index in [1.807, 2.05) is 36.4 Å². The quantitative estimate of drug-likeness (QED) is 0.749. The van der Waals surface area contributed by atoms with Crippen LogP contribution in [-0.4, -0.2) is 14.8 Å². The lowest BCUT2D eigenvalue weighted by molar-refractivity contribution is 0.916. The molecule has 0 saturated heterocycles. The number of nitrogens with two attached hydrogens (primary N) is 1. The number of fused-ring (bicyclic) bond motifs is 1. The van der Waals surface area contributed by atoms with Crippen LogP contribution in [0.1, 0.15) is 0 Å². The highest BCUT2D eigenvalue weighted by atomic mass is 79.9. The van der Waals surface area contributed by atoms with E-state index in [2.05, 4.69) is 26.0 Å². The van der Waals surface area contributed by atoms with Gasteiger partial charge in [-0.1, -0.05) is 22.0 Å². The van der Waals surface area contributed by atoms with Gasteiger partial charge in [0.15, 0.2) is 5.82 Å².